The quantitative estimate of drug-likeness (QED) is 0.0176. The summed E-state index contributed by atoms with van der Waals surface area (Å²) < 4.78 is 34.5. The van der Waals surface area contributed by atoms with Gasteiger partial charge in [0, 0.05) is 22.6 Å². The summed E-state index contributed by atoms with van der Waals surface area (Å²) in [5.74, 6) is 4.13. The number of carbonyl (C=O) groups excluding carboxylic acids is 2. The minimum Gasteiger partial charge on any atom is -0.494 e. The SMILES string of the molecule is CCCCCCCOc1ccc(C(=O)Oc2ccc(-c3nnc(SCCCCCCCCSc4nnc(-c5ccc(OC(=O)c6ccc(OCCCCCCC)cc6)cc5)o4)o3)cc2)cc1. The largest absolute Gasteiger partial charge is 0.494 e. The molecule has 0 saturated heterocycles. The third-order valence-corrected chi connectivity index (χ3v) is 12.4. The average Bonchev–Trinajstić information content (AvgIpc) is 4.03. The van der Waals surface area contributed by atoms with E-state index in [1.54, 1.807) is 121 Å². The minimum absolute atomic E-state index is 0.423. The van der Waals surface area contributed by atoms with Crippen LogP contribution in [0, 0.1) is 0 Å². The van der Waals surface area contributed by atoms with E-state index < -0.39 is 11.9 Å². The van der Waals surface area contributed by atoms with E-state index in [9.17, 15) is 9.59 Å². The third kappa shape index (κ3) is 17.3. The second-order valence-electron chi connectivity index (χ2n) is 16.0. The molecule has 350 valence electrons. The van der Waals surface area contributed by atoms with Crippen molar-refractivity contribution in [2.75, 3.05) is 24.7 Å². The Bertz CT molecular complexity index is 2140. The molecular weight excluding hydrogens is 873 g/mol. The number of esters is 2. The van der Waals surface area contributed by atoms with Crippen LogP contribution >= 0.6 is 23.5 Å². The number of hydrogen-bond acceptors (Lipinski definition) is 14. The van der Waals surface area contributed by atoms with E-state index in [4.69, 9.17) is 27.8 Å². The van der Waals surface area contributed by atoms with Gasteiger partial charge in [-0.1, -0.05) is 114 Å². The highest BCUT2D eigenvalue weighted by molar-refractivity contribution is 7.99. The molecule has 0 N–H and O–H groups in total. The van der Waals surface area contributed by atoms with Crippen LogP contribution in [0.3, 0.4) is 0 Å². The van der Waals surface area contributed by atoms with Crippen LogP contribution < -0.4 is 18.9 Å². The van der Waals surface area contributed by atoms with Gasteiger partial charge in [-0.05, 0) is 123 Å². The number of benzene rings is 4. The van der Waals surface area contributed by atoms with Crippen LogP contribution in [0.1, 0.15) is 137 Å². The summed E-state index contributed by atoms with van der Waals surface area (Å²) in [6.45, 7) is 5.76. The fourth-order valence-electron chi connectivity index (χ4n) is 6.83. The zero-order chi connectivity index (χ0) is 46.0. The first-order valence-electron chi connectivity index (χ1n) is 23.5. The molecule has 0 fully saturated rings. The van der Waals surface area contributed by atoms with Crippen LogP contribution in [-0.2, 0) is 0 Å². The van der Waals surface area contributed by atoms with Gasteiger partial charge in [0.25, 0.3) is 10.4 Å². The first-order valence-corrected chi connectivity index (χ1v) is 25.5. The lowest BCUT2D eigenvalue weighted by Gasteiger charge is -2.08. The van der Waals surface area contributed by atoms with Crippen LogP contribution in [0.2, 0.25) is 0 Å². The van der Waals surface area contributed by atoms with Crippen molar-refractivity contribution in [3.8, 4) is 45.9 Å². The van der Waals surface area contributed by atoms with Crippen LogP contribution in [0.15, 0.2) is 116 Å². The number of nitrogens with zero attached hydrogens (tertiary/aromatic N) is 4. The monoisotopic (exact) mass is 934 g/mol. The molecule has 6 rings (SSSR count). The molecule has 0 aliphatic carbocycles. The minimum atomic E-state index is -0.435. The van der Waals surface area contributed by atoms with Gasteiger partial charge in [-0.3, -0.25) is 0 Å². The Morgan fingerprint density at radius 2 is 0.773 bits per heavy atom. The Balaban J connectivity index is 0.787. The van der Waals surface area contributed by atoms with Crippen molar-refractivity contribution < 1.29 is 37.4 Å². The van der Waals surface area contributed by atoms with Gasteiger partial charge in [-0.25, -0.2) is 9.59 Å². The van der Waals surface area contributed by atoms with E-state index in [1.165, 1.54) is 51.4 Å². The van der Waals surface area contributed by atoms with Gasteiger partial charge in [-0.15, -0.1) is 20.4 Å². The number of thioether (sulfide) groups is 2. The summed E-state index contributed by atoms with van der Waals surface area (Å²) >= 11 is 3.12. The Morgan fingerprint density at radius 1 is 0.424 bits per heavy atom. The topological polar surface area (TPSA) is 149 Å². The highest BCUT2D eigenvalue weighted by atomic mass is 32.2. The summed E-state index contributed by atoms with van der Waals surface area (Å²) in [5, 5.41) is 17.9. The molecule has 66 heavy (non-hydrogen) atoms. The van der Waals surface area contributed by atoms with Crippen molar-refractivity contribution in [1.29, 1.82) is 0 Å². The highest BCUT2D eigenvalue weighted by Gasteiger charge is 2.14. The van der Waals surface area contributed by atoms with Crippen molar-refractivity contribution in [3.05, 3.63) is 108 Å². The molecular formula is C52H62N4O8S2. The molecule has 0 unspecified atom stereocenters. The number of carbonyl (C=O) groups is 2. The summed E-state index contributed by atoms with van der Waals surface area (Å²) in [5.41, 5.74) is 2.41. The number of unbranched alkanes of at least 4 members (excludes halogenated alkanes) is 13. The van der Waals surface area contributed by atoms with Crippen molar-refractivity contribution in [1.82, 2.24) is 20.4 Å². The maximum absolute atomic E-state index is 12.7. The first-order chi connectivity index (χ1) is 32.5. The Kier molecular flexibility index (Phi) is 21.5. The highest BCUT2D eigenvalue weighted by Crippen LogP contribution is 2.28. The summed E-state index contributed by atoms with van der Waals surface area (Å²) in [7, 11) is 0. The van der Waals surface area contributed by atoms with Gasteiger partial charge in [0.1, 0.15) is 23.0 Å². The van der Waals surface area contributed by atoms with Crippen LogP contribution in [0.5, 0.6) is 23.0 Å². The van der Waals surface area contributed by atoms with Gasteiger partial charge in [0.05, 0.1) is 24.3 Å². The maximum atomic E-state index is 12.7. The molecule has 0 saturated carbocycles. The zero-order valence-electron chi connectivity index (χ0n) is 38.3. The molecule has 0 aliphatic rings. The van der Waals surface area contributed by atoms with Crippen LogP contribution in [0.4, 0.5) is 0 Å². The Morgan fingerprint density at radius 3 is 1.17 bits per heavy atom. The van der Waals surface area contributed by atoms with Crippen molar-refractivity contribution in [2.45, 2.75) is 127 Å². The number of ether oxygens (including phenoxy) is 4. The van der Waals surface area contributed by atoms with E-state index in [2.05, 4.69) is 34.2 Å². The van der Waals surface area contributed by atoms with Gasteiger partial charge in [-0.2, -0.15) is 0 Å². The fourth-order valence-corrected chi connectivity index (χ4v) is 8.35. The molecule has 12 nitrogen and oxygen atoms in total. The number of hydrogen-bond donors (Lipinski definition) is 0. The molecule has 6 aromatic rings. The van der Waals surface area contributed by atoms with Gasteiger partial charge in [0.15, 0.2) is 0 Å². The van der Waals surface area contributed by atoms with E-state index >= 15 is 0 Å². The second kappa shape index (κ2) is 28.4. The summed E-state index contributed by atoms with van der Waals surface area (Å²) in [6, 6.07) is 28.2. The molecule has 0 spiro atoms. The molecule has 0 bridgehead atoms. The lowest BCUT2D eigenvalue weighted by atomic mass is 10.1. The standard InChI is InChI=1S/C52H62N4O8S2/c1-3-5-7-11-15-35-59-43-27-23-41(24-28-43)49(57)61-45-31-19-39(20-32-45)47-53-55-51(63-47)65-37-17-13-9-10-14-18-38-66-52-56-54-48(64-52)40-21-33-46(34-22-40)62-50(58)42-25-29-44(30-26-42)60-36-16-12-8-6-4-2/h19-34H,3-18,35-38H2,1-2H3. The van der Waals surface area contributed by atoms with Crippen molar-refractivity contribution in [3.63, 3.8) is 0 Å². The Hall–Kier alpha value is -5.60. The lowest BCUT2D eigenvalue weighted by Crippen LogP contribution is -2.08. The smallest absolute Gasteiger partial charge is 0.343 e. The molecule has 2 heterocycles. The van der Waals surface area contributed by atoms with Crippen LogP contribution in [-0.4, -0.2) is 57.1 Å². The fraction of sp³-hybridized carbons (Fsp3) is 0.423. The molecule has 2 aromatic heterocycles. The molecule has 0 amide bonds. The molecule has 0 atom stereocenters. The van der Waals surface area contributed by atoms with Crippen LogP contribution in [0.25, 0.3) is 22.9 Å². The lowest BCUT2D eigenvalue weighted by molar-refractivity contribution is 0.0725. The van der Waals surface area contributed by atoms with Gasteiger partial charge in [0.2, 0.25) is 11.8 Å². The number of rotatable bonds is 31. The maximum Gasteiger partial charge on any atom is 0.343 e. The van der Waals surface area contributed by atoms with E-state index in [0.717, 1.165) is 85.5 Å². The molecule has 0 radical (unpaired) electrons. The zero-order valence-corrected chi connectivity index (χ0v) is 39.9. The van der Waals surface area contributed by atoms with E-state index in [0.29, 0.717) is 58.1 Å². The Labute approximate surface area is 397 Å². The summed E-state index contributed by atoms with van der Waals surface area (Å²) in [4.78, 5) is 25.4. The predicted octanol–water partition coefficient (Wildman–Crippen LogP) is 14.1. The molecule has 14 heteroatoms. The van der Waals surface area contributed by atoms with Crippen molar-refractivity contribution >= 4 is 35.5 Å². The second-order valence-corrected chi connectivity index (χ2v) is 18.1. The summed E-state index contributed by atoms with van der Waals surface area (Å²) in [6.07, 6.45) is 18.5. The van der Waals surface area contributed by atoms with Gasteiger partial charge >= 0.3 is 11.9 Å². The molecule has 0 aliphatic heterocycles. The number of aromatic nitrogens is 4. The van der Waals surface area contributed by atoms with E-state index in [1.807, 2.05) is 0 Å². The molecule has 4 aromatic carbocycles. The van der Waals surface area contributed by atoms with Gasteiger partial charge < -0.3 is 27.8 Å². The predicted molar refractivity (Wildman–Crippen MR) is 260 cm³/mol. The van der Waals surface area contributed by atoms with E-state index in [-0.39, 0.29) is 0 Å². The third-order valence-electron chi connectivity index (χ3n) is 10.6. The normalized spacial score (nSPS) is 11.1. The first kappa shape index (κ1) is 49.8. The van der Waals surface area contributed by atoms with Crippen molar-refractivity contribution in [2.24, 2.45) is 0 Å². The average molecular weight is 935 g/mol.